The first kappa shape index (κ1) is 15.7. The minimum Gasteiger partial charge on any atom is -0.393 e. The van der Waals surface area contributed by atoms with Crippen LogP contribution in [0.5, 0.6) is 0 Å². The monoisotopic (exact) mass is 282 g/mol. The molecule has 114 valence electrons. The van der Waals surface area contributed by atoms with Gasteiger partial charge in [0.05, 0.1) is 12.2 Å². The summed E-state index contributed by atoms with van der Waals surface area (Å²) >= 11 is 0. The summed E-state index contributed by atoms with van der Waals surface area (Å²) in [6.07, 6.45) is 4.92. The minimum absolute atomic E-state index is 0.0282. The number of ketones is 1. The number of fused-ring (bicyclic) bond motifs is 1. The van der Waals surface area contributed by atoms with Gasteiger partial charge in [0.2, 0.25) is 0 Å². The molecular formula is C16H26O4. The van der Waals surface area contributed by atoms with E-state index >= 15 is 0 Å². The highest BCUT2D eigenvalue weighted by atomic mass is 16.3. The molecule has 4 heteroatoms. The van der Waals surface area contributed by atoms with Crippen LogP contribution in [0.4, 0.5) is 0 Å². The predicted octanol–water partition coefficient (Wildman–Crippen LogP) is 1.29. The second-order valence-corrected chi connectivity index (χ2v) is 7.03. The molecule has 0 aliphatic heterocycles. The highest BCUT2D eigenvalue weighted by Gasteiger charge is 2.53. The van der Waals surface area contributed by atoms with Crippen LogP contribution in [-0.4, -0.2) is 39.4 Å². The van der Waals surface area contributed by atoms with E-state index in [1.807, 2.05) is 26.8 Å². The van der Waals surface area contributed by atoms with Gasteiger partial charge in [-0.2, -0.15) is 0 Å². The fourth-order valence-corrected chi connectivity index (χ4v) is 4.08. The molecule has 0 radical (unpaired) electrons. The van der Waals surface area contributed by atoms with E-state index in [0.717, 1.165) is 6.42 Å². The molecule has 1 saturated carbocycles. The lowest BCUT2D eigenvalue weighted by atomic mass is 9.53. The summed E-state index contributed by atoms with van der Waals surface area (Å²) in [7, 11) is 0. The molecule has 0 saturated heterocycles. The molecule has 0 aromatic carbocycles. The minimum atomic E-state index is -1.31. The van der Waals surface area contributed by atoms with Gasteiger partial charge in [-0.05, 0) is 43.9 Å². The molecule has 6 unspecified atom stereocenters. The van der Waals surface area contributed by atoms with Crippen LogP contribution in [-0.2, 0) is 4.79 Å². The van der Waals surface area contributed by atoms with E-state index in [1.165, 1.54) is 0 Å². The molecule has 6 atom stereocenters. The average molecular weight is 282 g/mol. The molecule has 2 aliphatic carbocycles. The van der Waals surface area contributed by atoms with Crippen molar-refractivity contribution in [3.05, 3.63) is 12.2 Å². The number of Topliss-reactive ketones (excluding diaryl/α,β-unsaturated/α-hetero) is 1. The quantitative estimate of drug-likeness (QED) is 0.682. The Balaban J connectivity index is 2.33. The summed E-state index contributed by atoms with van der Waals surface area (Å²) in [5.41, 5.74) is -1.34. The van der Waals surface area contributed by atoms with Gasteiger partial charge in [-0.3, -0.25) is 4.79 Å². The zero-order valence-electron chi connectivity index (χ0n) is 12.5. The fraction of sp³-hybridized carbons (Fsp3) is 0.812. The first-order valence-electron chi connectivity index (χ1n) is 7.46. The number of rotatable bonds is 3. The topological polar surface area (TPSA) is 77.8 Å². The molecule has 20 heavy (non-hydrogen) atoms. The lowest BCUT2D eigenvalue weighted by molar-refractivity contribution is -0.150. The molecule has 1 fully saturated rings. The number of carbonyl (C=O) groups is 1. The summed E-state index contributed by atoms with van der Waals surface area (Å²) in [5, 5.41) is 29.1. The molecule has 0 heterocycles. The van der Waals surface area contributed by atoms with Gasteiger partial charge in [0.1, 0.15) is 6.10 Å². The number of carbonyl (C=O) groups excluding carboxylic acids is 1. The van der Waals surface area contributed by atoms with Crippen molar-refractivity contribution >= 4 is 5.78 Å². The van der Waals surface area contributed by atoms with Gasteiger partial charge in [0.15, 0.2) is 5.78 Å². The molecule has 0 aromatic rings. The highest BCUT2D eigenvalue weighted by Crippen LogP contribution is 2.53. The molecule has 0 aromatic heterocycles. The van der Waals surface area contributed by atoms with Crippen LogP contribution in [0.1, 0.15) is 40.0 Å². The third kappa shape index (κ3) is 2.45. The van der Waals surface area contributed by atoms with E-state index in [-0.39, 0.29) is 23.5 Å². The second-order valence-electron chi connectivity index (χ2n) is 7.03. The van der Waals surface area contributed by atoms with Gasteiger partial charge in [0.25, 0.3) is 0 Å². The van der Waals surface area contributed by atoms with Gasteiger partial charge in [-0.1, -0.05) is 26.0 Å². The zero-order chi connectivity index (χ0) is 15.1. The van der Waals surface area contributed by atoms with Crippen molar-refractivity contribution in [2.45, 2.75) is 51.7 Å². The molecular weight excluding hydrogens is 256 g/mol. The van der Waals surface area contributed by atoms with Gasteiger partial charge in [0, 0.05) is 5.41 Å². The van der Waals surface area contributed by atoms with Crippen molar-refractivity contribution in [1.82, 2.24) is 0 Å². The maximum Gasteiger partial charge on any atom is 0.170 e. The Hall–Kier alpha value is -0.710. The van der Waals surface area contributed by atoms with Crippen molar-refractivity contribution in [3.8, 4) is 0 Å². The Labute approximate surface area is 120 Å². The lowest BCUT2D eigenvalue weighted by Crippen LogP contribution is -2.53. The van der Waals surface area contributed by atoms with E-state index in [4.69, 9.17) is 5.11 Å². The van der Waals surface area contributed by atoms with Gasteiger partial charge >= 0.3 is 0 Å². The number of allylic oxidation sites excluding steroid dienone is 2. The maximum absolute atomic E-state index is 12.6. The largest absolute Gasteiger partial charge is 0.393 e. The Bertz CT molecular complexity index is 415. The Morgan fingerprint density at radius 1 is 1.40 bits per heavy atom. The van der Waals surface area contributed by atoms with Crippen LogP contribution >= 0.6 is 0 Å². The van der Waals surface area contributed by atoms with Crippen LogP contribution in [0, 0.1) is 23.2 Å². The zero-order valence-corrected chi connectivity index (χ0v) is 12.5. The van der Waals surface area contributed by atoms with Gasteiger partial charge in [-0.25, -0.2) is 0 Å². The molecule has 2 rings (SSSR count). The van der Waals surface area contributed by atoms with Crippen LogP contribution < -0.4 is 0 Å². The Kier molecular flexibility index (Phi) is 4.11. The van der Waals surface area contributed by atoms with Crippen molar-refractivity contribution in [3.63, 3.8) is 0 Å². The molecule has 4 nitrogen and oxygen atoms in total. The summed E-state index contributed by atoms with van der Waals surface area (Å²) < 4.78 is 0. The third-order valence-electron chi connectivity index (χ3n) is 5.56. The number of hydrogen-bond acceptors (Lipinski definition) is 4. The number of aliphatic hydroxyl groups is 3. The predicted molar refractivity (Wildman–Crippen MR) is 76.0 cm³/mol. The van der Waals surface area contributed by atoms with Crippen molar-refractivity contribution in [1.29, 1.82) is 0 Å². The van der Waals surface area contributed by atoms with E-state index in [0.29, 0.717) is 12.8 Å². The highest BCUT2D eigenvalue weighted by molar-refractivity contribution is 5.89. The first-order valence-corrected chi connectivity index (χ1v) is 7.46. The third-order valence-corrected chi connectivity index (χ3v) is 5.56. The van der Waals surface area contributed by atoms with Crippen molar-refractivity contribution < 1.29 is 20.1 Å². The normalized spacial score (nSPS) is 45.8. The average Bonchev–Trinajstić information content (AvgIpc) is 2.40. The number of hydrogen-bond donors (Lipinski definition) is 3. The van der Waals surface area contributed by atoms with Gasteiger partial charge in [-0.15, -0.1) is 0 Å². The molecule has 0 bridgehead atoms. The van der Waals surface area contributed by atoms with E-state index in [2.05, 4.69) is 6.08 Å². The second kappa shape index (κ2) is 5.24. The van der Waals surface area contributed by atoms with Crippen LogP contribution in [0.25, 0.3) is 0 Å². The molecule has 2 aliphatic rings. The number of aliphatic hydroxyl groups excluding tert-OH is 2. The maximum atomic E-state index is 12.6. The van der Waals surface area contributed by atoms with Gasteiger partial charge < -0.3 is 15.3 Å². The van der Waals surface area contributed by atoms with E-state index in [9.17, 15) is 15.0 Å². The standard InChI is InChI=1S/C16H26O4/c1-10-4-5-11-8-15(2,20)7-6-12(11)16(10,3)14(19)13(18)9-17/h4-5,10-13,17-18,20H,6-9H2,1-3H3. The first-order chi connectivity index (χ1) is 9.22. The van der Waals surface area contributed by atoms with Crippen molar-refractivity contribution in [2.24, 2.45) is 23.2 Å². The fourth-order valence-electron chi connectivity index (χ4n) is 4.08. The summed E-state index contributed by atoms with van der Waals surface area (Å²) in [4.78, 5) is 12.6. The van der Waals surface area contributed by atoms with Crippen LogP contribution in [0.3, 0.4) is 0 Å². The van der Waals surface area contributed by atoms with Crippen molar-refractivity contribution in [2.75, 3.05) is 6.61 Å². The lowest BCUT2D eigenvalue weighted by Gasteiger charge is -2.51. The summed E-state index contributed by atoms with van der Waals surface area (Å²) in [5.74, 6) is 0.0418. The van der Waals surface area contributed by atoms with E-state index in [1.54, 1.807) is 0 Å². The van der Waals surface area contributed by atoms with E-state index < -0.39 is 23.7 Å². The smallest absolute Gasteiger partial charge is 0.170 e. The summed E-state index contributed by atoms with van der Waals surface area (Å²) in [6.45, 7) is 5.21. The molecule has 3 N–H and O–H groups in total. The Morgan fingerprint density at radius 3 is 2.65 bits per heavy atom. The Morgan fingerprint density at radius 2 is 2.05 bits per heavy atom. The van der Waals surface area contributed by atoms with Crippen LogP contribution in [0.15, 0.2) is 12.2 Å². The SMILES string of the molecule is CC1C=CC2CC(C)(O)CCC2C1(C)C(=O)C(O)CO. The molecule has 0 spiro atoms. The summed E-state index contributed by atoms with van der Waals surface area (Å²) in [6, 6.07) is 0. The molecule has 0 amide bonds. The van der Waals surface area contributed by atoms with Crippen LogP contribution in [0.2, 0.25) is 0 Å².